The number of aliphatic hydroxyl groups excluding tert-OH is 2. The van der Waals surface area contributed by atoms with E-state index in [2.05, 4.69) is 67.8 Å². The standard InChI is InChI=1S/C69H127NO5/c1-3-5-7-9-11-13-15-17-19-21-22-23-24-26-30-33-37-41-45-49-53-57-61-67(72)66(65-71)70-68(73)62-58-54-50-46-42-38-34-31-27-25-28-32-36-40-44-48-52-56-60-64-75-69(74)63-59-55-51-47-43-39-35-29-20-18-16-14-12-10-8-6-4-2/h12,14,18,20,32,36,40,44,57,61,66-67,71-72H,3-11,13,15-17,19,21-31,33-35,37-39,41-43,45-56,58-60,62-65H2,1-2H3,(H,70,73)/b14-12-,20-18-,36-32-,44-40-,61-57+. The summed E-state index contributed by atoms with van der Waals surface area (Å²) in [5.74, 6) is -0.0981. The summed E-state index contributed by atoms with van der Waals surface area (Å²) in [6, 6.07) is -0.638. The zero-order chi connectivity index (χ0) is 54.3. The lowest BCUT2D eigenvalue weighted by molar-refractivity contribution is -0.143. The van der Waals surface area contributed by atoms with Crippen LogP contribution in [0.25, 0.3) is 0 Å². The number of unbranched alkanes of at least 4 members (excludes halogenated alkanes) is 43. The molecule has 75 heavy (non-hydrogen) atoms. The summed E-state index contributed by atoms with van der Waals surface area (Å²) in [4.78, 5) is 24.6. The molecule has 0 aromatic heterocycles. The minimum atomic E-state index is -0.854. The van der Waals surface area contributed by atoms with Gasteiger partial charge in [-0.2, -0.15) is 0 Å². The number of esters is 1. The van der Waals surface area contributed by atoms with E-state index in [1.54, 1.807) is 6.08 Å². The number of allylic oxidation sites excluding steroid dienone is 9. The van der Waals surface area contributed by atoms with Crippen molar-refractivity contribution in [3.63, 3.8) is 0 Å². The third kappa shape index (κ3) is 60.6. The second-order valence-corrected chi connectivity index (χ2v) is 22.5. The monoisotopic (exact) mass is 1050 g/mol. The average Bonchev–Trinajstić information content (AvgIpc) is 3.41. The molecule has 6 heteroatoms. The molecule has 2 atom stereocenters. The van der Waals surface area contributed by atoms with E-state index < -0.39 is 12.1 Å². The maximum Gasteiger partial charge on any atom is 0.305 e. The lowest BCUT2D eigenvalue weighted by atomic mass is 10.0. The Labute approximate surface area is 467 Å². The van der Waals surface area contributed by atoms with Crippen molar-refractivity contribution in [1.82, 2.24) is 5.32 Å². The maximum absolute atomic E-state index is 12.5. The predicted molar refractivity (Wildman–Crippen MR) is 328 cm³/mol. The van der Waals surface area contributed by atoms with Crippen molar-refractivity contribution in [2.75, 3.05) is 13.2 Å². The third-order valence-corrected chi connectivity index (χ3v) is 15.0. The van der Waals surface area contributed by atoms with Gasteiger partial charge in [0.05, 0.1) is 25.4 Å². The first-order valence-electron chi connectivity index (χ1n) is 33.1. The number of amides is 1. The fraction of sp³-hybridized carbons (Fsp3) is 0.826. The Morgan fingerprint density at radius 3 is 1.12 bits per heavy atom. The first-order valence-corrected chi connectivity index (χ1v) is 33.1. The molecular weight excluding hydrogens is 923 g/mol. The SMILES string of the molecule is CCCCC/C=C\C/C=C\CCCCCCCCCC(=O)OCCCCC/C=C\C=C/CCCCCCCCCCCCC(=O)NC(CO)C(O)/C=C/CCCCCCCCCCCCCCCCCCCCCC. The topological polar surface area (TPSA) is 95.9 Å². The van der Waals surface area contributed by atoms with Crippen molar-refractivity contribution in [1.29, 1.82) is 0 Å². The molecule has 0 rings (SSSR count). The number of aliphatic hydroxyl groups is 2. The predicted octanol–water partition coefficient (Wildman–Crippen LogP) is 21.1. The average molecular weight is 1050 g/mol. The summed E-state index contributed by atoms with van der Waals surface area (Å²) >= 11 is 0. The number of hydrogen-bond acceptors (Lipinski definition) is 5. The van der Waals surface area contributed by atoms with E-state index in [9.17, 15) is 19.8 Å². The summed E-state index contributed by atoms with van der Waals surface area (Å²) in [6.07, 6.45) is 84.1. The number of nitrogens with one attached hydrogen (secondary N) is 1. The van der Waals surface area contributed by atoms with Gasteiger partial charge in [-0.1, -0.05) is 293 Å². The number of hydrogen-bond donors (Lipinski definition) is 3. The van der Waals surface area contributed by atoms with Crippen LogP contribution in [0.5, 0.6) is 0 Å². The molecule has 6 nitrogen and oxygen atoms in total. The second kappa shape index (κ2) is 64.1. The van der Waals surface area contributed by atoms with Gasteiger partial charge in [0.15, 0.2) is 0 Å². The molecule has 1 amide bonds. The summed E-state index contributed by atoms with van der Waals surface area (Å²) in [5, 5.41) is 23.2. The largest absolute Gasteiger partial charge is 0.466 e. The molecule has 0 fully saturated rings. The lowest BCUT2D eigenvalue weighted by Crippen LogP contribution is -2.45. The van der Waals surface area contributed by atoms with E-state index in [1.807, 2.05) is 6.08 Å². The minimum Gasteiger partial charge on any atom is -0.466 e. The first kappa shape index (κ1) is 72.6. The molecule has 438 valence electrons. The van der Waals surface area contributed by atoms with Crippen LogP contribution in [0.2, 0.25) is 0 Å². The van der Waals surface area contributed by atoms with Crippen molar-refractivity contribution in [3.8, 4) is 0 Å². The molecule has 0 saturated heterocycles. The summed E-state index contributed by atoms with van der Waals surface area (Å²) in [6.45, 7) is 4.85. The van der Waals surface area contributed by atoms with E-state index >= 15 is 0 Å². The van der Waals surface area contributed by atoms with Gasteiger partial charge in [0.2, 0.25) is 5.91 Å². The molecule has 0 aromatic carbocycles. The highest BCUT2D eigenvalue weighted by Gasteiger charge is 2.18. The highest BCUT2D eigenvalue weighted by atomic mass is 16.5. The van der Waals surface area contributed by atoms with Crippen molar-refractivity contribution >= 4 is 11.9 Å². The molecule has 0 spiro atoms. The number of carbonyl (C=O) groups is 2. The Balaban J connectivity index is 3.51. The zero-order valence-electron chi connectivity index (χ0n) is 50.0. The van der Waals surface area contributed by atoms with Crippen LogP contribution in [-0.4, -0.2) is 47.4 Å². The van der Waals surface area contributed by atoms with Crippen LogP contribution in [0.1, 0.15) is 341 Å². The summed E-state index contributed by atoms with van der Waals surface area (Å²) < 4.78 is 5.46. The van der Waals surface area contributed by atoms with Gasteiger partial charge in [0.1, 0.15) is 0 Å². The van der Waals surface area contributed by atoms with E-state index in [1.165, 1.54) is 231 Å². The summed E-state index contributed by atoms with van der Waals surface area (Å²) in [5.41, 5.74) is 0. The first-order chi connectivity index (χ1) is 37.0. The van der Waals surface area contributed by atoms with Gasteiger partial charge in [-0.25, -0.2) is 0 Å². The van der Waals surface area contributed by atoms with Crippen LogP contribution in [0.15, 0.2) is 60.8 Å². The van der Waals surface area contributed by atoms with E-state index in [4.69, 9.17) is 4.74 Å². The molecule has 3 N–H and O–H groups in total. The second-order valence-electron chi connectivity index (χ2n) is 22.5. The van der Waals surface area contributed by atoms with E-state index in [0.717, 1.165) is 83.5 Å². The fourth-order valence-corrected chi connectivity index (χ4v) is 9.95. The van der Waals surface area contributed by atoms with Crippen molar-refractivity contribution < 1.29 is 24.5 Å². The van der Waals surface area contributed by atoms with Gasteiger partial charge in [-0.15, -0.1) is 0 Å². The van der Waals surface area contributed by atoms with Gasteiger partial charge in [-0.05, 0) is 96.3 Å². The smallest absolute Gasteiger partial charge is 0.305 e. The van der Waals surface area contributed by atoms with E-state index in [0.29, 0.717) is 19.4 Å². The Morgan fingerprint density at radius 2 is 0.707 bits per heavy atom. The molecule has 0 aromatic rings. The van der Waals surface area contributed by atoms with Gasteiger partial charge >= 0.3 is 5.97 Å². The Kier molecular flexibility index (Phi) is 62.0. The fourth-order valence-electron chi connectivity index (χ4n) is 9.95. The van der Waals surface area contributed by atoms with Crippen LogP contribution in [0, 0.1) is 0 Å². The molecule has 0 aliphatic carbocycles. The highest BCUT2D eigenvalue weighted by Crippen LogP contribution is 2.17. The Bertz CT molecular complexity index is 1300. The lowest BCUT2D eigenvalue weighted by Gasteiger charge is -2.20. The van der Waals surface area contributed by atoms with Gasteiger partial charge in [-0.3, -0.25) is 9.59 Å². The van der Waals surface area contributed by atoms with Crippen LogP contribution < -0.4 is 5.32 Å². The van der Waals surface area contributed by atoms with Gasteiger partial charge in [0.25, 0.3) is 0 Å². The molecule has 0 saturated carbocycles. The molecule has 0 aliphatic heterocycles. The van der Waals surface area contributed by atoms with Crippen LogP contribution in [-0.2, 0) is 14.3 Å². The molecule has 0 bridgehead atoms. The molecule has 0 radical (unpaired) electrons. The summed E-state index contributed by atoms with van der Waals surface area (Å²) in [7, 11) is 0. The van der Waals surface area contributed by atoms with Crippen LogP contribution in [0.4, 0.5) is 0 Å². The highest BCUT2D eigenvalue weighted by molar-refractivity contribution is 5.76. The van der Waals surface area contributed by atoms with Crippen molar-refractivity contribution in [2.24, 2.45) is 0 Å². The normalized spacial score (nSPS) is 13.0. The minimum absolute atomic E-state index is 0.0220. The zero-order valence-corrected chi connectivity index (χ0v) is 50.0. The third-order valence-electron chi connectivity index (χ3n) is 15.0. The molecular formula is C69H127NO5. The van der Waals surface area contributed by atoms with E-state index in [-0.39, 0.29) is 18.5 Å². The number of rotatable bonds is 61. The van der Waals surface area contributed by atoms with Crippen molar-refractivity contribution in [3.05, 3.63) is 60.8 Å². The Hall–Kier alpha value is -2.44. The Morgan fingerprint density at radius 1 is 0.387 bits per heavy atom. The molecule has 0 heterocycles. The molecule has 2 unspecified atom stereocenters. The quantitative estimate of drug-likeness (QED) is 0.0244. The van der Waals surface area contributed by atoms with Gasteiger partial charge in [0, 0.05) is 12.8 Å². The van der Waals surface area contributed by atoms with Crippen molar-refractivity contribution in [2.45, 2.75) is 353 Å². The number of carbonyl (C=O) groups excluding carboxylic acids is 2. The van der Waals surface area contributed by atoms with Crippen LogP contribution >= 0.6 is 0 Å². The molecule has 0 aliphatic rings. The van der Waals surface area contributed by atoms with Crippen LogP contribution in [0.3, 0.4) is 0 Å². The maximum atomic E-state index is 12.5. The number of ether oxygens (including phenoxy) is 1. The van der Waals surface area contributed by atoms with Gasteiger partial charge < -0.3 is 20.3 Å².